The maximum atomic E-state index is 12.4. The molecule has 106 valence electrons. The summed E-state index contributed by atoms with van der Waals surface area (Å²) in [6.45, 7) is 4.70. The number of aromatic nitrogens is 2. The van der Waals surface area contributed by atoms with Gasteiger partial charge in [0.15, 0.2) is 0 Å². The summed E-state index contributed by atoms with van der Waals surface area (Å²) in [5, 5.41) is 10.9. The van der Waals surface area contributed by atoms with E-state index in [4.69, 9.17) is 0 Å². The molecule has 1 atom stereocenters. The maximum absolute atomic E-state index is 12.4. The Kier molecular flexibility index (Phi) is 5.06. The number of benzene rings is 1. The number of carbonyl (C=O) groups is 1. The molecule has 0 spiro atoms. The molecule has 2 rings (SSSR count). The fourth-order valence-electron chi connectivity index (χ4n) is 1.82. The van der Waals surface area contributed by atoms with Crippen molar-refractivity contribution in [2.24, 2.45) is 0 Å². The number of urea groups is 1. The molecular weight excluding hydrogens is 272 g/mol. The third kappa shape index (κ3) is 3.77. The molecule has 1 N–H and O–H groups in total. The minimum absolute atomic E-state index is 0.139. The van der Waals surface area contributed by atoms with Gasteiger partial charge in [0.25, 0.3) is 0 Å². The second-order valence-electron chi connectivity index (χ2n) is 4.54. The molecule has 0 aliphatic heterocycles. The van der Waals surface area contributed by atoms with Gasteiger partial charge >= 0.3 is 6.03 Å². The SMILES string of the molecule is CCC(C)N(Cc1ccccc1)C(=O)Nc1nncs1. The van der Waals surface area contributed by atoms with Crippen LogP contribution in [0.25, 0.3) is 0 Å². The zero-order valence-electron chi connectivity index (χ0n) is 11.6. The molecule has 0 aliphatic carbocycles. The van der Waals surface area contributed by atoms with Crippen LogP contribution in [0.1, 0.15) is 25.8 Å². The molecule has 0 radical (unpaired) electrons. The predicted octanol–water partition coefficient (Wildman–Crippen LogP) is 3.37. The number of nitrogens with one attached hydrogen (secondary N) is 1. The van der Waals surface area contributed by atoms with Crippen molar-refractivity contribution >= 4 is 22.5 Å². The number of nitrogens with zero attached hydrogens (tertiary/aromatic N) is 3. The van der Waals surface area contributed by atoms with Gasteiger partial charge in [0.2, 0.25) is 5.13 Å². The molecule has 1 unspecified atom stereocenters. The zero-order chi connectivity index (χ0) is 14.4. The lowest BCUT2D eigenvalue weighted by Gasteiger charge is -2.28. The molecule has 2 aromatic rings. The van der Waals surface area contributed by atoms with Gasteiger partial charge in [0, 0.05) is 12.6 Å². The molecular formula is C14H18N4OS. The van der Waals surface area contributed by atoms with Crippen molar-refractivity contribution in [3.05, 3.63) is 41.4 Å². The Morgan fingerprint density at radius 2 is 2.15 bits per heavy atom. The molecule has 6 heteroatoms. The minimum Gasteiger partial charge on any atom is -0.317 e. The average Bonchev–Trinajstić information content (AvgIpc) is 2.98. The lowest BCUT2D eigenvalue weighted by molar-refractivity contribution is 0.187. The molecule has 0 aliphatic rings. The van der Waals surface area contributed by atoms with E-state index in [1.54, 1.807) is 5.51 Å². The summed E-state index contributed by atoms with van der Waals surface area (Å²) < 4.78 is 0. The molecule has 2 amide bonds. The fourth-order valence-corrected chi connectivity index (χ4v) is 2.25. The van der Waals surface area contributed by atoms with Gasteiger partial charge in [-0.1, -0.05) is 48.6 Å². The largest absolute Gasteiger partial charge is 0.324 e. The van der Waals surface area contributed by atoms with Crippen LogP contribution in [0.5, 0.6) is 0 Å². The Labute approximate surface area is 122 Å². The van der Waals surface area contributed by atoms with Gasteiger partial charge in [-0.3, -0.25) is 5.32 Å². The summed E-state index contributed by atoms with van der Waals surface area (Å²) in [5.74, 6) is 0. The van der Waals surface area contributed by atoms with E-state index in [9.17, 15) is 4.79 Å². The van der Waals surface area contributed by atoms with E-state index in [-0.39, 0.29) is 12.1 Å². The normalized spacial score (nSPS) is 11.9. The van der Waals surface area contributed by atoms with Gasteiger partial charge in [-0.2, -0.15) is 0 Å². The summed E-state index contributed by atoms with van der Waals surface area (Å²) in [4.78, 5) is 14.2. The highest BCUT2D eigenvalue weighted by Gasteiger charge is 2.20. The van der Waals surface area contributed by atoms with E-state index in [0.717, 1.165) is 12.0 Å². The third-order valence-electron chi connectivity index (χ3n) is 3.15. The Bertz CT molecular complexity index is 529. The average molecular weight is 290 g/mol. The molecule has 1 heterocycles. The molecule has 20 heavy (non-hydrogen) atoms. The van der Waals surface area contributed by atoms with E-state index in [2.05, 4.69) is 22.4 Å². The quantitative estimate of drug-likeness (QED) is 0.918. The van der Waals surface area contributed by atoms with Crippen molar-refractivity contribution in [1.29, 1.82) is 0 Å². The van der Waals surface area contributed by atoms with E-state index >= 15 is 0 Å². The number of hydrogen-bond donors (Lipinski definition) is 1. The van der Waals surface area contributed by atoms with Crippen molar-refractivity contribution in [1.82, 2.24) is 15.1 Å². The molecule has 0 saturated heterocycles. The molecule has 0 fully saturated rings. The van der Waals surface area contributed by atoms with Crippen LogP contribution in [-0.4, -0.2) is 27.2 Å². The van der Waals surface area contributed by atoms with Crippen LogP contribution in [0.4, 0.5) is 9.93 Å². The fraction of sp³-hybridized carbons (Fsp3) is 0.357. The summed E-state index contributed by atoms with van der Waals surface area (Å²) in [7, 11) is 0. The lowest BCUT2D eigenvalue weighted by Crippen LogP contribution is -2.40. The zero-order valence-corrected chi connectivity index (χ0v) is 12.4. The van der Waals surface area contributed by atoms with Crippen molar-refractivity contribution in [3.63, 3.8) is 0 Å². The standard InChI is InChI=1S/C14H18N4OS/c1-3-11(2)18(9-12-7-5-4-6-8-12)14(19)16-13-17-15-10-20-13/h4-8,10-11H,3,9H2,1-2H3,(H,16,17,19). The molecule has 0 saturated carbocycles. The first-order valence-electron chi connectivity index (χ1n) is 6.58. The van der Waals surface area contributed by atoms with Gasteiger partial charge < -0.3 is 4.90 Å². The Balaban J connectivity index is 2.09. The molecule has 1 aromatic heterocycles. The Morgan fingerprint density at radius 1 is 1.40 bits per heavy atom. The summed E-state index contributed by atoms with van der Waals surface area (Å²) in [5.41, 5.74) is 2.71. The van der Waals surface area contributed by atoms with Crippen molar-refractivity contribution in [2.75, 3.05) is 5.32 Å². The highest BCUT2D eigenvalue weighted by Crippen LogP contribution is 2.14. The highest BCUT2D eigenvalue weighted by atomic mass is 32.1. The summed E-state index contributed by atoms with van der Waals surface area (Å²) in [6, 6.07) is 9.99. The number of hydrogen-bond acceptors (Lipinski definition) is 4. The second kappa shape index (κ2) is 7.00. The monoisotopic (exact) mass is 290 g/mol. The smallest absolute Gasteiger partial charge is 0.317 e. The predicted molar refractivity (Wildman–Crippen MR) is 80.7 cm³/mol. The van der Waals surface area contributed by atoms with Gasteiger partial charge in [-0.25, -0.2) is 4.79 Å². The Morgan fingerprint density at radius 3 is 2.75 bits per heavy atom. The number of anilines is 1. The maximum Gasteiger partial charge on any atom is 0.324 e. The van der Waals surface area contributed by atoms with Crippen LogP contribution in [0.15, 0.2) is 35.8 Å². The number of carbonyl (C=O) groups excluding carboxylic acids is 1. The van der Waals surface area contributed by atoms with Crippen LogP contribution in [0.2, 0.25) is 0 Å². The van der Waals surface area contributed by atoms with E-state index in [1.807, 2.05) is 42.2 Å². The first kappa shape index (κ1) is 14.5. The number of rotatable bonds is 5. The van der Waals surface area contributed by atoms with Crippen molar-refractivity contribution < 1.29 is 4.79 Å². The second-order valence-corrected chi connectivity index (χ2v) is 5.38. The first-order valence-corrected chi connectivity index (χ1v) is 7.46. The van der Waals surface area contributed by atoms with Gasteiger partial charge in [-0.05, 0) is 18.9 Å². The number of amides is 2. The van der Waals surface area contributed by atoms with Gasteiger partial charge in [0.05, 0.1) is 0 Å². The Hall–Kier alpha value is -1.95. The van der Waals surface area contributed by atoms with E-state index < -0.39 is 0 Å². The van der Waals surface area contributed by atoms with Gasteiger partial charge in [-0.15, -0.1) is 10.2 Å². The van der Waals surface area contributed by atoms with Crippen LogP contribution >= 0.6 is 11.3 Å². The van der Waals surface area contributed by atoms with E-state index in [1.165, 1.54) is 11.3 Å². The van der Waals surface area contributed by atoms with Crippen LogP contribution in [-0.2, 0) is 6.54 Å². The van der Waals surface area contributed by atoms with Crippen molar-refractivity contribution in [2.45, 2.75) is 32.9 Å². The topological polar surface area (TPSA) is 58.1 Å². The van der Waals surface area contributed by atoms with Crippen LogP contribution in [0, 0.1) is 0 Å². The molecule has 1 aromatic carbocycles. The third-order valence-corrected chi connectivity index (χ3v) is 3.76. The molecule has 5 nitrogen and oxygen atoms in total. The molecule has 0 bridgehead atoms. The first-order chi connectivity index (χ1) is 9.70. The van der Waals surface area contributed by atoms with Gasteiger partial charge in [0.1, 0.15) is 5.51 Å². The van der Waals surface area contributed by atoms with Crippen molar-refractivity contribution in [3.8, 4) is 0 Å². The summed E-state index contributed by atoms with van der Waals surface area (Å²) >= 11 is 1.31. The minimum atomic E-state index is -0.139. The van der Waals surface area contributed by atoms with Crippen LogP contribution in [0.3, 0.4) is 0 Å². The highest BCUT2D eigenvalue weighted by molar-refractivity contribution is 7.13. The summed E-state index contributed by atoms with van der Waals surface area (Å²) in [6.07, 6.45) is 0.899. The lowest BCUT2D eigenvalue weighted by atomic mass is 10.1. The van der Waals surface area contributed by atoms with Crippen LogP contribution < -0.4 is 5.32 Å². The van der Waals surface area contributed by atoms with E-state index in [0.29, 0.717) is 11.7 Å².